The highest BCUT2D eigenvalue weighted by Gasteiger charge is 2.22. The van der Waals surface area contributed by atoms with E-state index in [1.54, 1.807) is 35.5 Å². The topological polar surface area (TPSA) is 183 Å². The molecule has 1 fully saturated rings. The van der Waals surface area contributed by atoms with Crippen LogP contribution in [0.5, 0.6) is 0 Å². The van der Waals surface area contributed by atoms with Gasteiger partial charge < -0.3 is 26.0 Å². The van der Waals surface area contributed by atoms with Crippen molar-refractivity contribution < 1.29 is 39.3 Å². The normalized spacial score (nSPS) is 17.8. The Balaban J connectivity index is 2.81. The lowest BCUT2D eigenvalue weighted by molar-refractivity contribution is -0.140. The third-order valence-electron chi connectivity index (χ3n) is 5.79. The summed E-state index contributed by atoms with van der Waals surface area (Å²) in [6.45, 7) is 7.90. The van der Waals surface area contributed by atoms with Gasteiger partial charge in [0, 0.05) is 70.9 Å². The first-order valence-corrected chi connectivity index (χ1v) is 12.4. The summed E-state index contributed by atoms with van der Waals surface area (Å²) in [5.41, 5.74) is -0.530. The third kappa shape index (κ3) is 15.1. The van der Waals surface area contributed by atoms with E-state index in [1.165, 1.54) is 0 Å². The third-order valence-corrected chi connectivity index (χ3v) is 5.79. The van der Waals surface area contributed by atoms with Gasteiger partial charge in [-0.05, 0) is 0 Å². The Bertz CT molecular complexity index is 756. The van der Waals surface area contributed by atoms with Crippen molar-refractivity contribution in [1.29, 1.82) is 0 Å². The van der Waals surface area contributed by atoms with Crippen LogP contribution in [0.25, 0.3) is 0 Å². The molecule has 0 aromatic rings. The molecule has 5 N–H and O–H groups in total. The number of carboxylic acids is 3. The first-order chi connectivity index (χ1) is 17.3. The Kier molecular flexibility index (Phi) is 14.0. The van der Waals surface area contributed by atoms with Crippen molar-refractivity contribution in [2.24, 2.45) is 5.41 Å². The van der Waals surface area contributed by atoms with Gasteiger partial charge >= 0.3 is 17.9 Å². The fourth-order valence-electron chi connectivity index (χ4n) is 3.69. The van der Waals surface area contributed by atoms with Gasteiger partial charge in [-0.15, -0.1) is 0 Å². The lowest BCUT2D eigenvalue weighted by Gasteiger charge is -2.32. The fourth-order valence-corrected chi connectivity index (χ4v) is 3.69. The molecular formula is C23H42N6O8. The van der Waals surface area contributed by atoms with Crippen LogP contribution in [0.4, 0.5) is 0 Å². The van der Waals surface area contributed by atoms with E-state index in [0.29, 0.717) is 52.4 Å². The Morgan fingerprint density at radius 3 is 1.16 bits per heavy atom. The summed E-state index contributed by atoms with van der Waals surface area (Å²) >= 11 is 0. The molecule has 2 amide bonds. The van der Waals surface area contributed by atoms with Crippen molar-refractivity contribution in [2.45, 2.75) is 20.8 Å². The first kappa shape index (κ1) is 32.2. The number of carboxylic acid groups (broad SMARTS) is 3. The highest BCUT2D eigenvalue weighted by molar-refractivity contribution is 5.81. The molecule has 0 radical (unpaired) electrons. The number of hydrogen-bond donors (Lipinski definition) is 5. The SMILES string of the molecule is CC(C)(C)C(=O)NCCNC(=O)CN1CCN(CC(=O)O)CCN(CC(=O)O)CCN(CC(=O)O)CC1. The molecule has 0 bridgehead atoms. The van der Waals surface area contributed by atoms with Crippen LogP contribution in [-0.4, -0.2) is 156 Å². The highest BCUT2D eigenvalue weighted by Crippen LogP contribution is 2.11. The smallest absolute Gasteiger partial charge is 0.317 e. The predicted octanol–water partition coefficient (Wildman–Crippen LogP) is -2.26. The molecule has 1 aliphatic rings. The first-order valence-electron chi connectivity index (χ1n) is 12.4. The molecule has 1 saturated heterocycles. The van der Waals surface area contributed by atoms with E-state index in [9.17, 15) is 39.3 Å². The van der Waals surface area contributed by atoms with Gasteiger partial charge in [-0.2, -0.15) is 0 Å². The van der Waals surface area contributed by atoms with Crippen molar-refractivity contribution >= 4 is 29.7 Å². The second-order valence-corrected chi connectivity index (χ2v) is 10.1. The van der Waals surface area contributed by atoms with E-state index in [-0.39, 0.29) is 51.1 Å². The van der Waals surface area contributed by atoms with E-state index < -0.39 is 23.3 Å². The number of amides is 2. The fraction of sp³-hybridized carbons (Fsp3) is 0.783. The maximum atomic E-state index is 12.5. The van der Waals surface area contributed by atoms with Gasteiger partial charge in [0.15, 0.2) is 0 Å². The van der Waals surface area contributed by atoms with Crippen molar-refractivity contribution in [1.82, 2.24) is 30.2 Å². The summed E-state index contributed by atoms with van der Waals surface area (Å²) in [6.07, 6.45) is 0. The maximum Gasteiger partial charge on any atom is 0.317 e. The Morgan fingerprint density at radius 1 is 0.568 bits per heavy atom. The number of nitrogens with zero attached hydrogens (tertiary/aromatic N) is 4. The van der Waals surface area contributed by atoms with Gasteiger partial charge in [0.25, 0.3) is 0 Å². The van der Waals surface area contributed by atoms with Crippen LogP contribution >= 0.6 is 0 Å². The number of aliphatic carboxylic acids is 3. The van der Waals surface area contributed by atoms with E-state index >= 15 is 0 Å². The quantitative estimate of drug-likeness (QED) is 0.181. The van der Waals surface area contributed by atoms with E-state index in [4.69, 9.17) is 0 Å². The molecule has 212 valence electrons. The van der Waals surface area contributed by atoms with Crippen LogP contribution in [0.15, 0.2) is 0 Å². The summed E-state index contributed by atoms with van der Waals surface area (Å²) in [5, 5.41) is 33.3. The highest BCUT2D eigenvalue weighted by atomic mass is 16.4. The molecular weight excluding hydrogens is 488 g/mol. The summed E-state index contributed by atoms with van der Waals surface area (Å²) < 4.78 is 0. The molecule has 0 aromatic carbocycles. The summed E-state index contributed by atoms with van der Waals surface area (Å²) in [5.74, 6) is -3.42. The average molecular weight is 531 g/mol. The summed E-state index contributed by atoms with van der Waals surface area (Å²) in [7, 11) is 0. The molecule has 14 heteroatoms. The minimum Gasteiger partial charge on any atom is -0.480 e. The van der Waals surface area contributed by atoms with Crippen LogP contribution in [-0.2, 0) is 24.0 Å². The summed E-state index contributed by atoms with van der Waals surface area (Å²) in [6, 6.07) is 0. The minimum absolute atomic E-state index is 0.0280. The van der Waals surface area contributed by atoms with Crippen molar-refractivity contribution in [3.8, 4) is 0 Å². The van der Waals surface area contributed by atoms with E-state index in [0.717, 1.165) is 0 Å². The number of rotatable bonds is 11. The van der Waals surface area contributed by atoms with Crippen LogP contribution in [0.2, 0.25) is 0 Å². The van der Waals surface area contributed by atoms with Crippen molar-refractivity contribution in [2.75, 3.05) is 91.6 Å². The van der Waals surface area contributed by atoms with Crippen LogP contribution in [0.3, 0.4) is 0 Å². The molecule has 0 spiro atoms. The molecule has 0 saturated carbocycles. The van der Waals surface area contributed by atoms with Gasteiger partial charge in [0.1, 0.15) is 0 Å². The zero-order valence-electron chi connectivity index (χ0n) is 22.1. The van der Waals surface area contributed by atoms with Crippen LogP contribution in [0, 0.1) is 5.41 Å². The largest absolute Gasteiger partial charge is 0.480 e. The molecule has 1 heterocycles. The Morgan fingerprint density at radius 2 is 0.865 bits per heavy atom. The van der Waals surface area contributed by atoms with Gasteiger partial charge in [-0.1, -0.05) is 20.8 Å². The van der Waals surface area contributed by atoms with Gasteiger partial charge in [0.05, 0.1) is 26.2 Å². The van der Waals surface area contributed by atoms with Gasteiger partial charge in [-0.3, -0.25) is 43.6 Å². The Labute approximate surface area is 217 Å². The molecule has 37 heavy (non-hydrogen) atoms. The zero-order valence-corrected chi connectivity index (χ0v) is 22.1. The van der Waals surface area contributed by atoms with Crippen molar-refractivity contribution in [3.05, 3.63) is 0 Å². The zero-order chi connectivity index (χ0) is 28.0. The second-order valence-electron chi connectivity index (χ2n) is 10.1. The number of nitrogens with one attached hydrogen (secondary N) is 2. The lowest BCUT2D eigenvalue weighted by atomic mass is 9.96. The lowest BCUT2D eigenvalue weighted by Crippen LogP contribution is -2.50. The average Bonchev–Trinajstić information content (AvgIpc) is 2.76. The molecule has 1 rings (SSSR count). The summed E-state index contributed by atoms with van der Waals surface area (Å²) in [4.78, 5) is 65.3. The molecule has 0 aliphatic carbocycles. The Hall–Kier alpha value is -2.81. The monoisotopic (exact) mass is 530 g/mol. The molecule has 14 nitrogen and oxygen atoms in total. The standard InChI is InChI=1S/C23H42N6O8/c1-23(2,3)22(37)25-5-4-24-18(30)14-26-6-8-27(15-19(31)32)10-12-29(17-21(35)36)13-11-28(9-7-26)16-20(33)34/h4-17H2,1-3H3,(H,24,30)(H,25,37)(H,31,32)(H,33,34)(H,35,36). The van der Waals surface area contributed by atoms with Crippen LogP contribution in [0.1, 0.15) is 20.8 Å². The second kappa shape index (κ2) is 16.1. The molecule has 0 unspecified atom stereocenters. The predicted molar refractivity (Wildman–Crippen MR) is 134 cm³/mol. The number of carbonyl (C=O) groups is 5. The van der Waals surface area contributed by atoms with Crippen LogP contribution < -0.4 is 10.6 Å². The molecule has 0 aromatic heterocycles. The minimum atomic E-state index is -1.02. The molecule has 0 atom stereocenters. The molecule has 1 aliphatic heterocycles. The van der Waals surface area contributed by atoms with E-state index in [1.807, 2.05) is 4.90 Å². The number of hydrogen-bond acceptors (Lipinski definition) is 9. The van der Waals surface area contributed by atoms with Crippen molar-refractivity contribution in [3.63, 3.8) is 0 Å². The number of carbonyl (C=O) groups excluding carboxylic acids is 2. The van der Waals surface area contributed by atoms with Gasteiger partial charge in [0.2, 0.25) is 11.8 Å². The van der Waals surface area contributed by atoms with Gasteiger partial charge in [-0.25, -0.2) is 0 Å². The maximum absolute atomic E-state index is 12.5. The van der Waals surface area contributed by atoms with E-state index in [2.05, 4.69) is 10.6 Å².